The standard InChI is InChI=1S/C23H19FN2O3/c24-20-11-18(16-7-8-21(23(28)29)25-13-16)10-19(12-20)22(27)26-9-3-6-15-4-1-2-5-17(15)14-26/h1-2,4-5,7-8,10-13H,3,6,9,14H2,(H,28,29). The van der Waals surface area contributed by atoms with Crippen LogP contribution >= 0.6 is 0 Å². The number of pyridine rings is 1. The number of aryl methyl sites for hydroxylation is 1. The number of nitrogens with zero attached hydrogens (tertiary/aromatic N) is 2. The summed E-state index contributed by atoms with van der Waals surface area (Å²) >= 11 is 0. The molecule has 146 valence electrons. The number of carbonyl (C=O) groups is 2. The fraction of sp³-hybridized carbons (Fsp3) is 0.174. The zero-order valence-corrected chi connectivity index (χ0v) is 15.6. The van der Waals surface area contributed by atoms with Crippen molar-refractivity contribution in [2.75, 3.05) is 6.54 Å². The summed E-state index contributed by atoms with van der Waals surface area (Å²) in [5.41, 5.74) is 3.56. The minimum absolute atomic E-state index is 0.0929. The second kappa shape index (κ2) is 7.83. The lowest BCUT2D eigenvalue weighted by molar-refractivity contribution is 0.0689. The molecule has 1 aliphatic rings. The van der Waals surface area contributed by atoms with E-state index in [1.54, 1.807) is 17.0 Å². The average Bonchev–Trinajstić information content (AvgIpc) is 2.95. The minimum Gasteiger partial charge on any atom is -0.477 e. The summed E-state index contributed by atoms with van der Waals surface area (Å²) in [6.07, 6.45) is 3.14. The fourth-order valence-electron chi connectivity index (χ4n) is 3.63. The van der Waals surface area contributed by atoms with Crippen molar-refractivity contribution in [3.63, 3.8) is 0 Å². The number of fused-ring (bicyclic) bond motifs is 1. The molecule has 0 bridgehead atoms. The van der Waals surface area contributed by atoms with Gasteiger partial charge in [0, 0.05) is 30.4 Å². The van der Waals surface area contributed by atoms with Gasteiger partial charge in [0.1, 0.15) is 11.5 Å². The molecule has 0 saturated heterocycles. The van der Waals surface area contributed by atoms with Crippen molar-refractivity contribution in [1.29, 1.82) is 0 Å². The van der Waals surface area contributed by atoms with Crippen LogP contribution in [0, 0.1) is 5.82 Å². The quantitative estimate of drug-likeness (QED) is 0.729. The highest BCUT2D eigenvalue weighted by molar-refractivity contribution is 5.95. The van der Waals surface area contributed by atoms with E-state index in [0.29, 0.717) is 24.2 Å². The van der Waals surface area contributed by atoms with E-state index in [9.17, 15) is 14.0 Å². The first-order valence-corrected chi connectivity index (χ1v) is 9.37. The van der Waals surface area contributed by atoms with Crippen LogP contribution in [0.15, 0.2) is 60.8 Å². The zero-order valence-electron chi connectivity index (χ0n) is 15.6. The topological polar surface area (TPSA) is 70.5 Å². The lowest BCUT2D eigenvalue weighted by Gasteiger charge is -2.21. The average molecular weight is 390 g/mol. The summed E-state index contributed by atoms with van der Waals surface area (Å²) in [4.78, 5) is 29.7. The van der Waals surface area contributed by atoms with Crippen molar-refractivity contribution in [3.05, 3.63) is 89.0 Å². The van der Waals surface area contributed by atoms with E-state index in [2.05, 4.69) is 11.1 Å². The molecule has 3 aromatic rings. The lowest BCUT2D eigenvalue weighted by Crippen LogP contribution is -2.30. The monoisotopic (exact) mass is 390 g/mol. The molecule has 2 heterocycles. The highest BCUT2D eigenvalue weighted by Crippen LogP contribution is 2.25. The number of amides is 1. The van der Waals surface area contributed by atoms with Gasteiger partial charge in [0.2, 0.25) is 0 Å². The maximum Gasteiger partial charge on any atom is 0.354 e. The second-order valence-corrected chi connectivity index (χ2v) is 7.06. The molecule has 4 rings (SSSR count). The summed E-state index contributed by atoms with van der Waals surface area (Å²) in [5.74, 6) is -1.88. The summed E-state index contributed by atoms with van der Waals surface area (Å²) in [7, 11) is 0. The summed E-state index contributed by atoms with van der Waals surface area (Å²) in [6.45, 7) is 1.10. The number of benzene rings is 2. The first-order valence-electron chi connectivity index (χ1n) is 9.37. The van der Waals surface area contributed by atoms with Crippen LogP contribution < -0.4 is 0 Å². The third-order valence-electron chi connectivity index (χ3n) is 5.10. The number of carboxylic acid groups (broad SMARTS) is 1. The van der Waals surface area contributed by atoms with Gasteiger partial charge in [-0.25, -0.2) is 14.2 Å². The Morgan fingerprint density at radius 2 is 1.79 bits per heavy atom. The minimum atomic E-state index is -1.13. The van der Waals surface area contributed by atoms with Crippen molar-refractivity contribution in [3.8, 4) is 11.1 Å². The van der Waals surface area contributed by atoms with Crippen LogP contribution in [0.25, 0.3) is 11.1 Å². The van der Waals surface area contributed by atoms with Gasteiger partial charge in [-0.3, -0.25) is 4.79 Å². The van der Waals surface area contributed by atoms with Gasteiger partial charge in [-0.05, 0) is 53.8 Å². The first kappa shape index (κ1) is 18.8. The van der Waals surface area contributed by atoms with Gasteiger partial charge in [-0.15, -0.1) is 0 Å². The molecule has 0 unspecified atom stereocenters. The van der Waals surface area contributed by atoms with Crippen LogP contribution in [0.4, 0.5) is 4.39 Å². The Kier molecular flexibility index (Phi) is 5.08. The number of hydrogen-bond acceptors (Lipinski definition) is 3. The predicted molar refractivity (Wildman–Crippen MR) is 106 cm³/mol. The Hall–Kier alpha value is -3.54. The third kappa shape index (κ3) is 4.01. The molecule has 1 aliphatic heterocycles. The second-order valence-electron chi connectivity index (χ2n) is 7.06. The Bertz CT molecular complexity index is 1080. The summed E-state index contributed by atoms with van der Waals surface area (Å²) < 4.78 is 14.3. The number of carbonyl (C=O) groups excluding carboxylic acids is 1. The van der Waals surface area contributed by atoms with Crippen LogP contribution in [0.3, 0.4) is 0 Å². The normalized spacial score (nSPS) is 13.5. The molecule has 0 aliphatic carbocycles. The van der Waals surface area contributed by atoms with E-state index >= 15 is 0 Å². The first-order chi connectivity index (χ1) is 14.0. The Morgan fingerprint density at radius 1 is 1.00 bits per heavy atom. The zero-order chi connectivity index (χ0) is 20.4. The van der Waals surface area contributed by atoms with E-state index < -0.39 is 11.8 Å². The molecule has 0 saturated carbocycles. The number of carboxylic acids is 1. The van der Waals surface area contributed by atoms with Crippen LogP contribution in [-0.2, 0) is 13.0 Å². The van der Waals surface area contributed by atoms with Crippen LogP contribution in [0.2, 0.25) is 0 Å². The summed E-state index contributed by atoms with van der Waals surface area (Å²) in [6, 6.07) is 15.1. The van der Waals surface area contributed by atoms with Crippen LogP contribution in [-0.4, -0.2) is 33.4 Å². The molecule has 0 fully saturated rings. The van der Waals surface area contributed by atoms with Crippen molar-refractivity contribution >= 4 is 11.9 Å². The van der Waals surface area contributed by atoms with Gasteiger partial charge < -0.3 is 10.0 Å². The van der Waals surface area contributed by atoms with Crippen molar-refractivity contribution < 1.29 is 19.1 Å². The number of halogens is 1. The summed E-state index contributed by atoms with van der Waals surface area (Å²) in [5, 5.41) is 8.97. The van der Waals surface area contributed by atoms with E-state index in [4.69, 9.17) is 5.11 Å². The SMILES string of the molecule is O=C(O)c1ccc(-c2cc(F)cc(C(=O)N3CCCc4ccccc4C3)c2)cn1. The molecule has 1 N–H and O–H groups in total. The number of rotatable bonds is 3. The van der Waals surface area contributed by atoms with Gasteiger partial charge in [-0.2, -0.15) is 0 Å². The molecule has 5 nitrogen and oxygen atoms in total. The Morgan fingerprint density at radius 3 is 2.52 bits per heavy atom. The molecule has 2 aromatic carbocycles. The molecule has 6 heteroatoms. The molecule has 0 spiro atoms. The predicted octanol–water partition coefficient (Wildman–Crippen LogP) is 4.17. The van der Waals surface area contributed by atoms with Crippen molar-refractivity contribution in [2.45, 2.75) is 19.4 Å². The third-order valence-corrected chi connectivity index (χ3v) is 5.10. The van der Waals surface area contributed by atoms with E-state index in [0.717, 1.165) is 18.4 Å². The number of aromatic carboxylic acids is 1. The van der Waals surface area contributed by atoms with E-state index in [1.165, 1.54) is 30.0 Å². The Labute approximate surface area is 167 Å². The lowest BCUT2D eigenvalue weighted by atomic mass is 10.0. The van der Waals surface area contributed by atoms with E-state index in [-0.39, 0.29) is 17.2 Å². The van der Waals surface area contributed by atoms with Gasteiger partial charge in [0.25, 0.3) is 5.91 Å². The smallest absolute Gasteiger partial charge is 0.354 e. The van der Waals surface area contributed by atoms with E-state index in [1.807, 2.05) is 18.2 Å². The van der Waals surface area contributed by atoms with Gasteiger partial charge in [0.15, 0.2) is 0 Å². The number of aromatic nitrogens is 1. The maximum absolute atomic E-state index is 14.3. The Balaban J connectivity index is 1.63. The molecular formula is C23H19FN2O3. The highest BCUT2D eigenvalue weighted by atomic mass is 19.1. The molecule has 1 amide bonds. The molecule has 29 heavy (non-hydrogen) atoms. The van der Waals surface area contributed by atoms with Crippen molar-refractivity contribution in [1.82, 2.24) is 9.88 Å². The number of hydrogen-bond donors (Lipinski definition) is 1. The van der Waals surface area contributed by atoms with Crippen LogP contribution in [0.5, 0.6) is 0 Å². The highest BCUT2D eigenvalue weighted by Gasteiger charge is 2.21. The van der Waals surface area contributed by atoms with Gasteiger partial charge >= 0.3 is 5.97 Å². The van der Waals surface area contributed by atoms with Crippen LogP contribution in [0.1, 0.15) is 38.4 Å². The fourth-order valence-corrected chi connectivity index (χ4v) is 3.63. The largest absolute Gasteiger partial charge is 0.477 e. The molecule has 0 atom stereocenters. The molecular weight excluding hydrogens is 371 g/mol. The molecule has 0 radical (unpaired) electrons. The molecule has 1 aromatic heterocycles. The van der Waals surface area contributed by atoms with Crippen molar-refractivity contribution in [2.24, 2.45) is 0 Å². The van der Waals surface area contributed by atoms with Gasteiger partial charge in [0.05, 0.1) is 0 Å². The maximum atomic E-state index is 14.3. The van der Waals surface area contributed by atoms with Gasteiger partial charge in [-0.1, -0.05) is 30.3 Å².